The average molecular weight is 218 g/mol. The van der Waals surface area contributed by atoms with Gasteiger partial charge in [-0.05, 0) is 36.4 Å². The Labute approximate surface area is 92.5 Å². The molecule has 0 bridgehead atoms. The summed E-state index contributed by atoms with van der Waals surface area (Å²) in [5.41, 5.74) is 1.04. The number of benzene rings is 1. The van der Waals surface area contributed by atoms with Gasteiger partial charge in [0.05, 0.1) is 0 Å². The van der Waals surface area contributed by atoms with Crippen molar-refractivity contribution in [1.29, 1.82) is 0 Å². The quantitative estimate of drug-likeness (QED) is 0.724. The van der Waals surface area contributed by atoms with E-state index in [0.29, 0.717) is 16.3 Å². The maximum atomic E-state index is 11.9. The molecule has 3 heteroatoms. The van der Waals surface area contributed by atoms with Crippen LogP contribution in [0.3, 0.4) is 0 Å². The molecule has 0 spiro atoms. The lowest BCUT2D eigenvalue weighted by Gasteiger charge is -1.99. The Bertz CT molecular complexity index is 465. The van der Waals surface area contributed by atoms with E-state index in [2.05, 4.69) is 4.98 Å². The molecule has 0 unspecified atom stereocenters. The van der Waals surface area contributed by atoms with Crippen molar-refractivity contribution in [2.24, 2.45) is 0 Å². The molecule has 0 radical (unpaired) electrons. The minimum absolute atomic E-state index is 0.0905. The highest BCUT2D eigenvalue weighted by molar-refractivity contribution is 6.30. The molecule has 2 rings (SSSR count). The first-order valence-electron chi connectivity index (χ1n) is 4.48. The first-order chi connectivity index (χ1) is 7.27. The fraction of sp³-hybridized carbons (Fsp3) is 0. The molecule has 0 amide bonds. The average Bonchev–Trinajstić information content (AvgIpc) is 2.30. The third-order valence-electron chi connectivity index (χ3n) is 2.00. The molecule has 0 aliphatic carbocycles. The van der Waals surface area contributed by atoms with Crippen LogP contribution in [0.25, 0.3) is 0 Å². The summed E-state index contributed by atoms with van der Waals surface area (Å²) in [5.74, 6) is -0.0905. The minimum atomic E-state index is -0.0905. The largest absolute Gasteiger partial charge is 0.287 e. The van der Waals surface area contributed by atoms with Crippen molar-refractivity contribution >= 4 is 17.4 Å². The number of carbonyl (C=O) groups is 1. The number of rotatable bonds is 2. The molecular weight excluding hydrogens is 210 g/mol. The molecule has 0 aliphatic rings. The van der Waals surface area contributed by atoms with E-state index in [1.165, 1.54) is 0 Å². The van der Waals surface area contributed by atoms with E-state index in [0.717, 1.165) is 0 Å². The van der Waals surface area contributed by atoms with Crippen molar-refractivity contribution in [3.8, 4) is 0 Å². The van der Waals surface area contributed by atoms with Crippen molar-refractivity contribution in [2.75, 3.05) is 0 Å². The standard InChI is InChI=1S/C12H8ClNO/c13-10-6-4-9(5-7-10)12(15)11-3-1-2-8-14-11/h1-8H. The predicted molar refractivity (Wildman–Crippen MR) is 59.1 cm³/mol. The third kappa shape index (κ3) is 2.22. The molecule has 0 N–H and O–H groups in total. The summed E-state index contributed by atoms with van der Waals surface area (Å²) >= 11 is 5.74. The number of hydrogen-bond donors (Lipinski definition) is 0. The van der Waals surface area contributed by atoms with Gasteiger partial charge in [-0.25, -0.2) is 0 Å². The van der Waals surface area contributed by atoms with Gasteiger partial charge in [0.2, 0.25) is 5.78 Å². The molecule has 2 aromatic rings. The SMILES string of the molecule is O=C(c1ccc(Cl)cc1)c1ccccn1. The molecule has 1 aromatic heterocycles. The van der Waals surface area contributed by atoms with E-state index >= 15 is 0 Å². The molecule has 1 heterocycles. The zero-order valence-electron chi connectivity index (χ0n) is 7.85. The van der Waals surface area contributed by atoms with Gasteiger partial charge < -0.3 is 0 Å². The summed E-state index contributed by atoms with van der Waals surface area (Å²) in [5, 5.41) is 0.618. The van der Waals surface area contributed by atoms with E-state index in [4.69, 9.17) is 11.6 Å². The molecule has 1 aromatic carbocycles. The highest BCUT2D eigenvalue weighted by atomic mass is 35.5. The lowest BCUT2D eigenvalue weighted by molar-refractivity contribution is 0.103. The highest BCUT2D eigenvalue weighted by Crippen LogP contribution is 2.12. The van der Waals surface area contributed by atoms with Crippen LogP contribution in [-0.4, -0.2) is 10.8 Å². The highest BCUT2D eigenvalue weighted by Gasteiger charge is 2.08. The monoisotopic (exact) mass is 217 g/mol. The third-order valence-corrected chi connectivity index (χ3v) is 2.26. The number of hydrogen-bond acceptors (Lipinski definition) is 2. The second kappa shape index (κ2) is 4.24. The molecule has 0 atom stereocenters. The van der Waals surface area contributed by atoms with Gasteiger partial charge in [-0.3, -0.25) is 9.78 Å². The summed E-state index contributed by atoms with van der Waals surface area (Å²) in [7, 11) is 0. The van der Waals surface area contributed by atoms with E-state index in [1.54, 1.807) is 48.7 Å². The number of carbonyl (C=O) groups excluding carboxylic acids is 1. The van der Waals surface area contributed by atoms with E-state index in [1.807, 2.05) is 0 Å². The summed E-state index contributed by atoms with van der Waals surface area (Å²) in [6.45, 7) is 0. The van der Waals surface area contributed by atoms with Crippen molar-refractivity contribution < 1.29 is 4.79 Å². The Kier molecular flexibility index (Phi) is 2.79. The molecular formula is C12H8ClNO. The van der Waals surface area contributed by atoms with Crippen LogP contribution in [0.1, 0.15) is 16.1 Å². The normalized spacial score (nSPS) is 9.93. The van der Waals surface area contributed by atoms with Gasteiger partial charge in [0, 0.05) is 16.8 Å². The van der Waals surface area contributed by atoms with Gasteiger partial charge in [-0.2, -0.15) is 0 Å². The van der Waals surface area contributed by atoms with Crippen molar-refractivity contribution in [1.82, 2.24) is 4.98 Å². The van der Waals surface area contributed by atoms with Gasteiger partial charge >= 0.3 is 0 Å². The molecule has 0 fully saturated rings. The van der Waals surface area contributed by atoms with Gasteiger partial charge in [0.15, 0.2) is 0 Å². The first kappa shape index (κ1) is 9.87. The van der Waals surface area contributed by atoms with E-state index in [9.17, 15) is 4.79 Å². The van der Waals surface area contributed by atoms with Crippen LogP contribution < -0.4 is 0 Å². The zero-order valence-corrected chi connectivity index (χ0v) is 8.61. The topological polar surface area (TPSA) is 30.0 Å². The number of aromatic nitrogens is 1. The first-order valence-corrected chi connectivity index (χ1v) is 4.86. The van der Waals surface area contributed by atoms with Gasteiger partial charge in [-0.1, -0.05) is 17.7 Å². The number of pyridine rings is 1. The Morgan fingerprint density at radius 3 is 2.40 bits per heavy atom. The molecule has 2 nitrogen and oxygen atoms in total. The van der Waals surface area contributed by atoms with Crippen molar-refractivity contribution in [2.45, 2.75) is 0 Å². The predicted octanol–water partition coefficient (Wildman–Crippen LogP) is 2.97. The van der Waals surface area contributed by atoms with Crippen LogP contribution >= 0.6 is 11.6 Å². The molecule has 0 saturated heterocycles. The number of ketones is 1. The molecule has 74 valence electrons. The second-order valence-corrected chi connectivity index (χ2v) is 3.49. The Morgan fingerprint density at radius 1 is 1.07 bits per heavy atom. The zero-order chi connectivity index (χ0) is 10.7. The Hall–Kier alpha value is -1.67. The van der Waals surface area contributed by atoms with Gasteiger partial charge in [-0.15, -0.1) is 0 Å². The van der Waals surface area contributed by atoms with Crippen LogP contribution in [0.5, 0.6) is 0 Å². The van der Waals surface area contributed by atoms with Gasteiger partial charge in [0.1, 0.15) is 5.69 Å². The Balaban J connectivity index is 2.33. The summed E-state index contributed by atoms with van der Waals surface area (Å²) in [4.78, 5) is 15.8. The van der Waals surface area contributed by atoms with Crippen LogP contribution in [0.15, 0.2) is 48.7 Å². The van der Waals surface area contributed by atoms with Crippen LogP contribution in [0.4, 0.5) is 0 Å². The minimum Gasteiger partial charge on any atom is -0.287 e. The Morgan fingerprint density at radius 2 is 1.80 bits per heavy atom. The number of halogens is 1. The van der Waals surface area contributed by atoms with E-state index in [-0.39, 0.29) is 5.78 Å². The fourth-order valence-electron chi connectivity index (χ4n) is 1.25. The van der Waals surface area contributed by atoms with Gasteiger partial charge in [0.25, 0.3) is 0 Å². The van der Waals surface area contributed by atoms with Crippen LogP contribution in [0.2, 0.25) is 5.02 Å². The van der Waals surface area contributed by atoms with Crippen LogP contribution in [-0.2, 0) is 0 Å². The molecule has 0 saturated carbocycles. The molecule has 15 heavy (non-hydrogen) atoms. The second-order valence-electron chi connectivity index (χ2n) is 3.05. The van der Waals surface area contributed by atoms with Crippen molar-refractivity contribution in [3.05, 3.63) is 64.9 Å². The maximum Gasteiger partial charge on any atom is 0.211 e. The fourth-order valence-corrected chi connectivity index (χ4v) is 1.37. The van der Waals surface area contributed by atoms with Crippen molar-refractivity contribution in [3.63, 3.8) is 0 Å². The number of nitrogens with zero attached hydrogens (tertiary/aromatic N) is 1. The van der Waals surface area contributed by atoms with Crippen LogP contribution in [0, 0.1) is 0 Å². The maximum absolute atomic E-state index is 11.9. The summed E-state index contributed by atoms with van der Waals surface area (Å²) in [6, 6.07) is 12.0. The lowest BCUT2D eigenvalue weighted by Crippen LogP contribution is -2.02. The lowest BCUT2D eigenvalue weighted by atomic mass is 10.1. The van der Waals surface area contributed by atoms with E-state index < -0.39 is 0 Å². The molecule has 0 aliphatic heterocycles. The summed E-state index contributed by atoms with van der Waals surface area (Å²) in [6.07, 6.45) is 1.60. The smallest absolute Gasteiger partial charge is 0.211 e. The summed E-state index contributed by atoms with van der Waals surface area (Å²) < 4.78 is 0.